The van der Waals surface area contributed by atoms with Crippen LogP contribution in [0.2, 0.25) is 0 Å². The third kappa shape index (κ3) is 1.42. The fourth-order valence-electron chi connectivity index (χ4n) is 2.37. The summed E-state index contributed by atoms with van der Waals surface area (Å²) in [5.41, 5.74) is 12.3. The van der Waals surface area contributed by atoms with Gasteiger partial charge < -0.3 is 26.2 Å². The van der Waals surface area contributed by atoms with Crippen molar-refractivity contribution < 1.29 is 10.2 Å². The van der Waals surface area contributed by atoms with Crippen LogP contribution in [0.4, 0.5) is 11.8 Å². The highest BCUT2D eigenvalue weighted by Crippen LogP contribution is 2.39. The third-order valence-corrected chi connectivity index (χ3v) is 3.48. The highest BCUT2D eigenvalue weighted by atomic mass is 16.3. The van der Waals surface area contributed by atoms with Gasteiger partial charge in [0, 0.05) is 12.5 Å². The standard InChI is InChI=1S/C10H14N6O2/c11-8-6-9(15-10(12)14-8)16(3-13-6)5-1-4(2-17)7(5)18/h3-5,7,17-18H,1-2H2,(H4,11,12,14,15)/t4-,5-,7-/m1/s1. The van der Waals surface area contributed by atoms with Gasteiger partial charge in [-0.15, -0.1) is 0 Å². The first kappa shape index (κ1) is 11.2. The van der Waals surface area contributed by atoms with Gasteiger partial charge in [-0.1, -0.05) is 0 Å². The molecule has 0 saturated heterocycles. The molecule has 2 aromatic rings. The highest BCUT2D eigenvalue weighted by molar-refractivity contribution is 5.82. The van der Waals surface area contributed by atoms with Crippen molar-refractivity contribution in [3.63, 3.8) is 0 Å². The minimum absolute atomic E-state index is 0.0242. The van der Waals surface area contributed by atoms with Crippen LogP contribution >= 0.6 is 0 Å². The van der Waals surface area contributed by atoms with E-state index in [2.05, 4.69) is 15.0 Å². The molecule has 96 valence electrons. The summed E-state index contributed by atoms with van der Waals surface area (Å²) in [6.07, 6.45) is 1.63. The van der Waals surface area contributed by atoms with Gasteiger partial charge in [0.05, 0.1) is 18.5 Å². The van der Waals surface area contributed by atoms with Crippen LogP contribution in [0.1, 0.15) is 12.5 Å². The summed E-state index contributed by atoms with van der Waals surface area (Å²) in [5, 5.41) is 18.9. The lowest BCUT2D eigenvalue weighted by molar-refractivity contribution is -0.0550. The fourth-order valence-corrected chi connectivity index (χ4v) is 2.37. The zero-order valence-corrected chi connectivity index (χ0v) is 9.56. The number of fused-ring (bicyclic) bond motifs is 1. The number of hydrogen-bond acceptors (Lipinski definition) is 7. The quantitative estimate of drug-likeness (QED) is 0.531. The second-order valence-electron chi connectivity index (χ2n) is 4.53. The minimum Gasteiger partial charge on any atom is -0.396 e. The van der Waals surface area contributed by atoms with E-state index in [1.165, 1.54) is 0 Å². The minimum atomic E-state index is -0.607. The van der Waals surface area contributed by atoms with Gasteiger partial charge in [-0.2, -0.15) is 9.97 Å². The van der Waals surface area contributed by atoms with Crippen molar-refractivity contribution in [1.29, 1.82) is 0 Å². The van der Waals surface area contributed by atoms with Crippen LogP contribution in [0.25, 0.3) is 11.2 Å². The predicted molar refractivity (Wildman–Crippen MR) is 64.4 cm³/mol. The van der Waals surface area contributed by atoms with Crippen molar-refractivity contribution >= 4 is 22.9 Å². The van der Waals surface area contributed by atoms with Crippen molar-refractivity contribution in [3.8, 4) is 0 Å². The normalized spacial score (nSPS) is 27.3. The molecular formula is C10H14N6O2. The molecular weight excluding hydrogens is 236 g/mol. The van der Waals surface area contributed by atoms with E-state index in [0.29, 0.717) is 17.6 Å². The largest absolute Gasteiger partial charge is 0.396 e. The molecule has 0 bridgehead atoms. The van der Waals surface area contributed by atoms with Crippen LogP contribution in [0, 0.1) is 5.92 Å². The maximum atomic E-state index is 9.92. The number of nitrogen functional groups attached to an aromatic ring is 2. The van der Waals surface area contributed by atoms with E-state index in [-0.39, 0.29) is 30.3 Å². The Labute approximate surface area is 102 Å². The van der Waals surface area contributed by atoms with Crippen molar-refractivity contribution in [2.24, 2.45) is 5.92 Å². The van der Waals surface area contributed by atoms with E-state index < -0.39 is 6.10 Å². The van der Waals surface area contributed by atoms with Crippen LogP contribution < -0.4 is 11.5 Å². The van der Waals surface area contributed by atoms with E-state index in [4.69, 9.17) is 16.6 Å². The van der Waals surface area contributed by atoms with Gasteiger partial charge in [0.2, 0.25) is 5.95 Å². The molecule has 18 heavy (non-hydrogen) atoms. The van der Waals surface area contributed by atoms with Crippen LogP contribution in [-0.2, 0) is 0 Å². The Bertz CT molecular complexity index is 597. The van der Waals surface area contributed by atoms with Crippen molar-refractivity contribution in [2.75, 3.05) is 18.1 Å². The molecule has 2 heterocycles. The number of anilines is 2. The number of nitrogens with two attached hydrogens (primary N) is 2. The fraction of sp³-hybridized carbons (Fsp3) is 0.500. The Morgan fingerprint density at radius 2 is 2.17 bits per heavy atom. The summed E-state index contributed by atoms with van der Waals surface area (Å²) in [6, 6.07) is -0.152. The summed E-state index contributed by atoms with van der Waals surface area (Å²) in [5.74, 6) is 0.210. The maximum Gasteiger partial charge on any atom is 0.224 e. The number of imidazole rings is 1. The lowest BCUT2D eigenvalue weighted by Crippen LogP contribution is -2.44. The van der Waals surface area contributed by atoms with Gasteiger partial charge >= 0.3 is 0 Å². The molecule has 3 atom stereocenters. The van der Waals surface area contributed by atoms with Gasteiger partial charge in [0.15, 0.2) is 11.5 Å². The van der Waals surface area contributed by atoms with Crippen molar-refractivity contribution in [3.05, 3.63) is 6.33 Å². The third-order valence-electron chi connectivity index (χ3n) is 3.48. The Morgan fingerprint density at radius 1 is 1.39 bits per heavy atom. The lowest BCUT2D eigenvalue weighted by Gasteiger charge is -2.40. The number of nitrogens with zero attached hydrogens (tertiary/aromatic N) is 4. The molecule has 3 rings (SSSR count). The number of rotatable bonds is 2. The SMILES string of the molecule is Nc1nc(N)c2ncn([C@@H]3C[C@H](CO)[C@H]3O)c2n1. The van der Waals surface area contributed by atoms with Gasteiger partial charge in [-0.25, -0.2) is 4.98 Å². The topological polar surface area (TPSA) is 136 Å². The molecule has 1 fully saturated rings. The average Bonchev–Trinajstić information content (AvgIpc) is 2.72. The molecule has 1 aliphatic carbocycles. The van der Waals surface area contributed by atoms with Gasteiger partial charge in [-0.3, -0.25) is 0 Å². The Kier molecular flexibility index (Phi) is 2.35. The summed E-state index contributed by atoms with van der Waals surface area (Å²) >= 11 is 0. The Hall–Kier alpha value is -1.93. The number of aliphatic hydroxyl groups excluding tert-OH is 2. The van der Waals surface area contributed by atoms with Crippen LogP contribution in [-0.4, -0.2) is 42.4 Å². The van der Waals surface area contributed by atoms with E-state index in [9.17, 15) is 5.11 Å². The van der Waals surface area contributed by atoms with E-state index in [1.54, 1.807) is 10.9 Å². The molecule has 0 aromatic carbocycles. The molecule has 8 heteroatoms. The first-order chi connectivity index (χ1) is 8.61. The van der Waals surface area contributed by atoms with E-state index in [0.717, 1.165) is 0 Å². The molecule has 8 nitrogen and oxygen atoms in total. The van der Waals surface area contributed by atoms with Gasteiger partial charge in [-0.05, 0) is 6.42 Å². The first-order valence-corrected chi connectivity index (χ1v) is 5.66. The smallest absolute Gasteiger partial charge is 0.224 e. The molecule has 0 unspecified atom stereocenters. The Morgan fingerprint density at radius 3 is 2.83 bits per heavy atom. The zero-order valence-electron chi connectivity index (χ0n) is 9.56. The van der Waals surface area contributed by atoms with Gasteiger partial charge in [0.1, 0.15) is 5.52 Å². The maximum absolute atomic E-state index is 9.92. The average molecular weight is 250 g/mol. The first-order valence-electron chi connectivity index (χ1n) is 5.66. The lowest BCUT2D eigenvalue weighted by atomic mass is 9.77. The summed E-state index contributed by atoms with van der Waals surface area (Å²) in [7, 11) is 0. The van der Waals surface area contributed by atoms with Crippen LogP contribution in [0.5, 0.6) is 0 Å². The Balaban J connectivity index is 2.04. The molecule has 0 amide bonds. The van der Waals surface area contributed by atoms with E-state index in [1.807, 2.05) is 0 Å². The molecule has 2 aromatic heterocycles. The molecule has 1 saturated carbocycles. The summed E-state index contributed by atoms with van der Waals surface area (Å²) in [6.45, 7) is -0.0242. The number of aliphatic hydroxyl groups is 2. The molecule has 1 aliphatic rings. The number of aromatic nitrogens is 4. The monoisotopic (exact) mass is 250 g/mol. The zero-order chi connectivity index (χ0) is 12.9. The van der Waals surface area contributed by atoms with Crippen LogP contribution in [0.15, 0.2) is 6.33 Å². The predicted octanol–water partition coefficient (Wildman–Crippen LogP) is -1.10. The van der Waals surface area contributed by atoms with Crippen molar-refractivity contribution in [2.45, 2.75) is 18.6 Å². The van der Waals surface area contributed by atoms with Crippen molar-refractivity contribution in [1.82, 2.24) is 19.5 Å². The second-order valence-corrected chi connectivity index (χ2v) is 4.53. The van der Waals surface area contributed by atoms with Crippen LogP contribution in [0.3, 0.4) is 0 Å². The second kappa shape index (κ2) is 3.79. The summed E-state index contributed by atoms with van der Waals surface area (Å²) in [4.78, 5) is 12.1. The highest BCUT2D eigenvalue weighted by Gasteiger charge is 2.41. The summed E-state index contributed by atoms with van der Waals surface area (Å²) < 4.78 is 1.74. The molecule has 0 spiro atoms. The molecule has 0 radical (unpaired) electrons. The van der Waals surface area contributed by atoms with Gasteiger partial charge in [0.25, 0.3) is 0 Å². The van der Waals surface area contributed by atoms with E-state index >= 15 is 0 Å². The molecule has 0 aliphatic heterocycles. The number of hydrogen-bond donors (Lipinski definition) is 4. The molecule has 6 N–H and O–H groups in total.